The molecule has 2 aliphatic rings. The first kappa shape index (κ1) is 24.4. The Morgan fingerprint density at radius 2 is 1.73 bits per heavy atom. The SMILES string of the molecule is COC1C[C@H](C2CCC2)O[C@@H]1COP(=O)([O-])OP(=O)([O-])OP(=O)([O-])O.[B]. The van der Waals surface area contributed by atoms with Crippen LogP contribution in [0.5, 0.6) is 0 Å². The lowest BCUT2D eigenvalue weighted by molar-refractivity contribution is -0.250. The van der Waals surface area contributed by atoms with E-state index in [0.717, 1.165) is 19.3 Å². The molecule has 0 aromatic heterocycles. The number of ether oxygens (including phenoxy) is 2. The van der Waals surface area contributed by atoms with Crippen molar-refractivity contribution < 1.29 is 55.9 Å². The van der Waals surface area contributed by atoms with Gasteiger partial charge in [-0.1, -0.05) is 6.42 Å². The van der Waals surface area contributed by atoms with E-state index in [4.69, 9.17) is 14.4 Å². The molecule has 1 heterocycles. The second kappa shape index (κ2) is 9.26. The number of hydrogen-bond acceptors (Lipinski definition) is 11. The van der Waals surface area contributed by atoms with Crippen LogP contribution >= 0.6 is 23.5 Å². The molecule has 0 aromatic carbocycles. The van der Waals surface area contributed by atoms with E-state index in [1.54, 1.807) is 0 Å². The highest BCUT2D eigenvalue weighted by Crippen LogP contribution is 2.61. The largest absolute Gasteiger partial charge is 0.756 e. The van der Waals surface area contributed by atoms with Crippen LogP contribution in [0.4, 0.5) is 0 Å². The molecule has 151 valence electrons. The summed E-state index contributed by atoms with van der Waals surface area (Å²) < 4.78 is 55.1. The maximum Gasteiger partial charge on any atom is 0.280 e. The second-order valence-electron chi connectivity index (χ2n) is 5.74. The van der Waals surface area contributed by atoms with E-state index >= 15 is 0 Å². The third-order valence-corrected chi connectivity index (χ3v) is 7.70. The number of phosphoric ester groups is 1. The normalized spacial score (nSPS) is 33.3. The zero-order valence-corrected chi connectivity index (χ0v) is 16.4. The molecule has 4 unspecified atom stereocenters. The average Bonchev–Trinajstić information content (AvgIpc) is 2.72. The number of phosphoric acid groups is 3. The summed E-state index contributed by atoms with van der Waals surface area (Å²) in [6, 6.07) is 0. The maximum atomic E-state index is 11.5. The smallest absolute Gasteiger partial charge is 0.280 e. The minimum Gasteiger partial charge on any atom is -0.756 e. The van der Waals surface area contributed by atoms with Crippen molar-refractivity contribution in [2.75, 3.05) is 13.7 Å². The number of rotatable bonds is 9. The van der Waals surface area contributed by atoms with Crippen LogP contribution < -0.4 is 14.7 Å². The van der Waals surface area contributed by atoms with Crippen LogP contribution in [-0.4, -0.2) is 45.3 Å². The van der Waals surface area contributed by atoms with Crippen LogP contribution in [0.2, 0.25) is 0 Å². The minimum atomic E-state index is -5.89. The molecule has 26 heavy (non-hydrogen) atoms. The third-order valence-electron chi connectivity index (χ3n) is 4.01. The molecule has 1 N–H and O–H groups in total. The van der Waals surface area contributed by atoms with Gasteiger partial charge in [-0.15, -0.1) is 0 Å². The lowest BCUT2D eigenvalue weighted by atomic mass is 9.80. The first-order valence-corrected chi connectivity index (χ1v) is 11.7. The van der Waals surface area contributed by atoms with Gasteiger partial charge in [0.15, 0.2) is 0 Å². The monoisotopic (exact) mass is 434 g/mol. The van der Waals surface area contributed by atoms with E-state index < -0.39 is 42.3 Å². The Labute approximate surface area is 152 Å². The van der Waals surface area contributed by atoms with Crippen molar-refractivity contribution in [2.45, 2.75) is 44.0 Å². The van der Waals surface area contributed by atoms with E-state index in [2.05, 4.69) is 13.1 Å². The Kier molecular flexibility index (Phi) is 8.70. The van der Waals surface area contributed by atoms with Gasteiger partial charge < -0.3 is 33.6 Å². The van der Waals surface area contributed by atoms with E-state index in [1.165, 1.54) is 7.11 Å². The molecule has 16 heteroatoms. The quantitative estimate of drug-likeness (QED) is 0.346. The van der Waals surface area contributed by atoms with Gasteiger partial charge >= 0.3 is 0 Å². The highest BCUT2D eigenvalue weighted by molar-refractivity contribution is 7.65. The summed E-state index contributed by atoms with van der Waals surface area (Å²) in [5.74, 6) is 0.365. The Morgan fingerprint density at radius 1 is 1.12 bits per heavy atom. The molecule has 3 radical (unpaired) electrons. The first-order chi connectivity index (χ1) is 11.4. The van der Waals surface area contributed by atoms with E-state index in [-0.39, 0.29) is 14.5 Å². The second-order valence-corrected chi connectivity index (χ2v) is 10.0. The lowest BCUT2D eigenvalue weighted by Crippen LogP contribution is -2.30. The summed E-state index contributed by atoms with van der Waals surface area (Å²) in [5, 5.41) is 0. The van der Waals surface area contributed by atoms with Crippen molar-refractivity contribution in [2.24, 2.45) is 5.92 Å². The van der Waals surface area contributed by atoms with Crippen molar-refractivity contribution in [3.63, 3.8) is 0 Å². The van der Waals surface area contributed by atoms with Gasteiger partial charge in [-0.3, -0.25) is 13.7 Å². The van der Waals surface area contributed by atoms with Crippen molar-refractivity contribution >= 4 is 31.9 Å². The number of hydrogen-bond donors (Lipinski definition) is 1. The average molecular weight is 434 g/mol. The summed E-state index contributed by atoms with van der Waals surface area (Å²) in [7, 11) is -15.7. The molecule has 0 amide bonds. The molecule has 1 aliphatic heterocycles. The van der Waals surface area contributed by atoms with Crippen LogP contribution in [0.15, 0.2) is 0 Å². The van der Waals surface area contributed by atoms with Crippen molar-refractivity contribution in [1.29, 1.82) is 0 Å². The highest BCUT2D eigenvalue weighted by atomic mass is 31.3. The van der Waals surface area contributed by atoms with Gasteiger partial charge in [-0.05, 0) is 18.8 Å². The van der Waals surface area contributed by atoms with E-state index in [0.29, 0.717) is 12.3 Å². The molecule has 2 fully saturated rings. The van der Waals surface area contributed by atoms with Crippen molar-refractivity contribution in [3.05, 3.63) is 0 Å². The predicted molar refractivity (Wildman–Crippen MR) is 80.3 cm³/mol. The predicted octanol–water partition coefficient (Wildman–Crippen LogP) is -0.974. The van der Waals surface area contributed by atoms with E-state index in [1.807, 2.05) is 0 Å². The van der Waals surface area contributed by atoms with Gasteiger partial charge in [0, 0.05) is 21.9 Å². The van der Waals surface area contributed by atoms with Crippen molar-refractivity contribution in [3.8, 4) is 0 Å². The molecule has 1 saturated carbocycles. The topological polar surface area (TPSA) is 187 Å². The van der Waals surface area contributed by atoms with Crippen LogP contribution in [-0.2, 0) is 36.3 Å². The summed E-state index contributed by atoms with van der Waals surface area (Å²) in [6.07, 6.45) is 2.34. The van der Waals surface area contributed by atoms with Crippen LogP contribution in [0.25, 0.3) is 0 Å². The van der Waals surface area contributed by atoms with Gasteiger partial charge in [-0.25, -0.2) is 8.62 Å². The molecule has 12 nitrogen and oxygen atoms in total. The minimum absolute atomic E-state index is 0. The fourth-order valence-electron chi connectivity index (χ4n) is 2.71. The fraction of sp³-hybridized carbons (Fsp3) is 1.00. The lowest BCUT2D eigenvalue weighted by Gasteiger charge is -2.33. The Hall–Kier alpha value is 0.395. The van der Waals surface area contributed by atoms with Crippen molar-refractivity contribution in [1.82, 2.24) is 0 Å². The molecule has 0 spiro atoms. The molecule has 0 bridgehead atoms. The summed E-state index contributed by atoms with van der Waals surface area (Å²) in [5.41, 5.74) is 0. The molecular formula is C10H18BO12P3-3. The van der Waals surface area contributed by atoms with Gasteiger partial charge in [0.1, 0.15) is 6.10 Å². The first-order valence-electron chi connectivity index (χ1n) is 7.32. The number of methoxy groups -OCH3 is 1. The van der Waals surface area contributed by atoms with Crippen LogP contribution in [0, 0.1) is 5.92 Å². The zero-order valence-electron chi connectivity index (χ0n) is 13.7. The Balaban J connectivity index is 0.00000338. The van der Waals surface area contributed by atoms with Gasteiger partial charge in [0.05, 0.1) is 18.8 Å². The Morgan fingerprint density at radius 3 is 2.19 bits per heavy atom. The van der Waals surface area contributed by atoms with Gasteiger partial charge in [0.25, 0.3) is 23.5 Å². The molecule has 0 aromatic rings. The van der Waals surface area contributed by atoms with Gasteiger partial charge in [0.2, 0.25) is 0 Å². The van der Waals surface area contributed by atoms with Crippen LogP contribution in [0.3, 0.4) is 0 Å². The fourth-order valence-corrected chi connectivity index (χ4v) is 5.61. The Bertz CT molecular complexity index is 606. The standard InChI is InChI=1S/C10H21O12P3.B/c1-18-9-5-8(7-3-2-4-7)20-10(9)6-19-24(14,15)22-25(16,17)21-23(11,12)13;/h7-10H,2-6H2,1H3,(H,14,15)(H,16,17)(H2,11,12,13);/p-3/t8-,9?,10-;/m1./s1. The molecular weight excluding hydrogens is 416 g/mol. The summed E-state index contributed by atoms with van der Waals surface area (Å²) >= 11 is 0. The maximum absolute atomic E-state index is 11.5. The highest BCUT2D eigenvalue weighted by Gasteiger charge is 2.41. The van der Waals surface area contributed by atoms with E-state index in [9.17, 15) is 28.4 Å². The zero-order chi connectivity index (χ0) is 18.9. The summed E-state index contributed by atoms with van der Waals surface area (Å²) in [4.78, 5) is 41.3. The third kappa shape index (κ3) is 7.43. The van der Waals surface area contributed by atoms with Crippen LogP contribution in [0.1, 0.15) is 25.7 Å². The molecule has 1 saturated heterocycles. The molecule has 2 rings (SSSR count). The summed E-state index contributed by atoms with van der Waals surface area (Å²) in [6.45, 7) is -0.587. The van der Waals surface area contributed by atoms with Gasteiger partial charge in [-0.2, -0.15) is 0 Å². The molecule has 1 aliphatic carbocycles. The molecule has 6 atom stereocenters.